The maximum Gasteiger partial charge on any atom is 0.253 e. The number of benzene rings is 2. The monoisotopic (exact) mass is 385 g/mol. The zero-order valence-electron chi connectivity index (χ0n) is 15.3. The number of carbonyl (C=O) groups excluding carboxylic acids is 1. The maximum atomic E-state index is 12.7. The Balaban J connectivity index is 1.43. The molecular weight excluding hydrogens is 362 g/mol. The van der Waals surface area contributed by atoms with E-state index in [4.69, 9.17) is 16.3 Å². The van der Waals surface area contributed by atoms with E-state index in [1.807, 2.05) is 4.90 Å². The zero-order valence-corrected chi connectivity index (χ0v) is 16.1. The van der Waals surface area contributed by atoms with Crippen LogP contribution in [0.3, 0.4) is 0 Å². The molecule has 4 rings (SSSR count). The van der Waals surface area contributed by atoms with Gasteiger partial charge in [0.05, 0.1) is 24.6 Å². The van der Waals surface area contributed by atoms with Crippen LogP contribution in [-0.2, 0) is 4.74 Å². The minimum absolute atomic E-state index is 0.0766. The highest BCUT2D eigenvalue weighted by atomic mass is 35.5. The van der Waals surface area contributed by atoms with Gasteiger partial charge in [-0.2, -0.15) is 0 Å². The number of hydrogen-bond acceptors (Lipinski definition) is 4. The van der Waals surface area contributed by atoms with Crippen molar-refractivity contribution in [1.82, 2.24) is 4.90 Å². The summed E-state index contributed by atoms with van der Waals surface area (Å²) in [4.78, 5) is 19.4. The fourth-order valence-corrected chi connectivity index (χ4v) is 3.85. The molecule has 2 aliphatic rings. The summed E-state index contributed by atoms with van der Waals surface area (Å²) in [6.07, 6.45) is 0. The van der Waals surface area contributed by atoms with Crippen molar-refractivity contribution < 1.29 is 9.53 Å². The third-order valence-corrected chi connectivity index (χ3v) is 5.48. The molecule has 142 valence electrons. The Morgan fingerprint density at radius 2 is 1.33 bits per heavy atom. The molecule has 0 bridgehead atoms. The molecule has 27 heavy (non-hydrogen) atoms. The van der Waals surface area contributed by atoms with Gasteiger partial charge in [0.15, 0.2) is 0 Å². The second kappa shape index (κ2) is 8.19. The molecular formula is C21H24ClN3O2. The van der Waals surface area contributed by atoms with Crippen molar-refractivity contribution in [2.24, 2.45) is 0 Å². The van der Waals surface area contributed by atoms with Crippen molar-refractivity contribution in [1.29, 1.82) is 0 Å². The summed E-state index contributed by atoms with van der Waals surface area (Å²) in [6, 6.07) is 15.7. The van der Waals surface area contributed by atoms with Gasteiger partial charge in [0, 0.05) is 49.9 Å². The summed E-state index contributed by atoms with van der Waals surface area (Å²) in [5.41, 5.74) is 3.21. The number of rotatable bonds is 3. The number of piperazine rings is 1. The van der Waals surface area contributed by atoms with Crippen molar-refractivity contribution in [2.45, 2.75) is 0 Å². The van der Waals surface area contributed by atoms with Gasteiger partial charge in [-0.3, -0.25) is 4.79 Å². The first-order valence-electron chi connectivity index (χ1n) is 9.44. The van der Waals surface area contributed by atoms with Crippen LogP contribution in [-0.4, -0.2) is 63.3 Å². The molecule has 0 N–H and O–H groups in total. The van der Waals surface area contributed by atoms with Crippen molar-refractivity contribution >= 4 is 28.9 Å². The third-order valence-electron chi connectivity index (χ3n) is 5.23. The lowest BCUT2D eigenvalue weighted by Crippen LogP contribution is -2.49. The van der Waals surface area contributed by atoms with Crippen LogP contribution in [0.15, 0.2) is 48.5 Å². The first-order chi connectivity index (χ1) is 13.2. The molecule has 0 radical (unpaired) electrons. The number of morpholine rings is 1. The average molecular weight is 386 g/mol. The third kappa shape index (κ3) is 4.04. The second-order valence-corrected chi connectivity index (χ2v) is 7.31. The number of hydrogen-bond donors (Lipinski definition) is 0. The molecule has 2 fully saturated rings. The van der Waals surface area contributed by atoms with Gasteiger partial charge in [-0.1, -0.05) is 23.7 Å². The molecule has 0 saturated carbocycles. The lowest BCUT2D eigenvalue weighted by Gasteiger charge is -2.39. The highest BCUT2D eigenvalue weighted by Gasteiger charge is 2.25. The van der Waals surface area contributed by atoms with Gasteiger partial charge in [0.1, 0.15) is 0 Å². The summed E-state index contributed by atoms with van der Waals surface area (Å²) < 4.78 is 5.49. The van der Waals surface area contributed by atoms with Crippen LogP contribution < -0.4 is 9.80 Å². The van der Waals surface area contributed by atoms with Gasteiger partial charge in [-0.15, -0.1) is 0 Å². The van der Waals surface area contributed by atoms with Crippen LogP contribution >= 0.6 is 11.6 Å². The molecule has 2 saturated heterocycles. The van der Waals surface area contributed by atoms with E-state index in [0.29, 0.717) is 10.6 Å². The number of para-hydroxylation sites is 2. The van der Waals surface area contributed by atoms with Gasteiger partial charge < -0.3 is 19.4 Å². The molecule has 0 unspecified atom stereocenters. The van der Waals surface area contributed by atoms with Gasteiger partial charge in [0.2, 0.25) is 0 Å². The number of halogens is 1. The van der Waals surface area contributed by atoms with Gasteiger partial charge in [0.25, 0.3) is 5.91 Å². The largest absolute Gasteiger partial charge is 0.378 e. The Bertz CT molecular complexity index is 782. The predicted octanol–water partition coefficient (Wildman–Crippen LogP) is 3.14. The van der Waals surface area contributed by atoms with Crippen LogP contribution in [0.2, 0.25) is 5.02 Å². The molecule has 2 aliphatic heterocycles. The van der Waals surface area contributed by atoms with E-state index >= 15 is 0 Å². The lowest BCUT2D eigenvalue weighted by molar-refractivity contribution is 0.0746. The van der Waals surface area contributed by atoms with Gasteiger partial charge in [-0.05, 0) is 36.4 Å². The number of nitrogens with zero attached hydrogens (tertiary/aromatic N) is 3. The normalized spacial score (nSPS) is 17.9. The van der Waals surface area contributed by atoms with Crippen LogP contribution in [0.25, 0.3) is 0 Å². The fourth-order valence-electron chi connectivity index (χ4n) is 3.73. The van der Waals surface area contributed by atoms with Crippen LogP contribution in [0.4, 0.5) is 11.4 Å². The van der Waals surface area contributed by atoms with Crippen molar-refractivity contribution in [3.05, 3.63) is 59.1 Å². The maximum absolute atomic E-state index is 12.7. The summed E-state index contributed by atoms with van der Waals surface area (Å²) in [6.45, 7) is 6.51. The van der Waals surface area contributed by atoms with E-state index in [2.05, 4.69) is 34.1 Å². The highest BCUT2D eigenvalue weighted by molar-refractivity contribution is 6.30. The first kappa shape index (κ1) is 18.1. The zero-order chi connectivity index (χ0) is 18.6. The molecule has 1 amide bonds. The number of ether oxygens (including phenoxy) is 1. The molecule has 2 aromatic carbocycles. The highest BCUT2D eigenvalue weighted by Crippen LogP contribution is 2.30. The van der Waals surface area contributed by atoms with E-state index in [1.54, 1.807) is 24.3 Å². The van der Waals surface area contributed by atoms with Crippen molar-refractivity contribution in [2.75, 3.05) is 62.3 Å². The van der Waals surface area contributed by atoms with Crippen LogP contribution in [0.5, 0.6) is 0 Å². The SMILES string of the molecule is O=C(c1ccc(Cl)cc1)N1CCN(c2ccccc2N2CCOCC2)CC1. The minimum atomic E-state index is 0.0766. The predicted molar refractivity (Wildman–Crippen MR) is 109 cm³/mol. The molecule has 2 heterocycles. The van der Waals surface area contributed by atoms with E-state index < -0.39 is 0 Å². The summed E-state index contributed by atoms with van der Waals surface area (Å²) in [5.74, 6) is 0.0766. The number of amides is 1. The Morgan fingerprint density at radius 1 is 0.778 bits per heavy atom. The fraction of sp³-hybridized carbons (Fsp3) is 0.381. The summed E-state index contributed by atoms with van der Waals surface area (Å²) in [7, 11) is 0. The standard InChI is InChI=1S/C21H24ClN3O2/c22-18-7-5-17(6-8-18)21(26)25-11-9-23(10-12-25)19-3-1-2-4-20(19)24-13-15-27-16-14-24/h1-8H,9-16H2. The molecule has 0 aliphatic carbocycles. The average Bonchev–Trinajstić information content (AvgIpc) is 2.74. The van der Waals surface area contributed by atoms with Gasteiger partial charge in [-0.25, -0.2) is 0 Å². The Kier molecular flexibility index (Phi) is 5.50. The van der Waals surface area contributed by atoms with E-state index in [-0.39, 0.29) is 5.91 Å². The molecule has 0 atom stereocenters. The first-order valence-corrected chi connectivity index (χ1v) is 9.82. The van der Waals surface area contributed by atoms with Crippen LogP contribution in [0.1, 0.15) is 10.4 Å². The summed E-state index contributed by atoms with van der Waals surface area (Å²) in [5, 5.41) is 0.649. The van der Waals surface area contributed by atoms with E-state index in [9.17, 15) is 4.79 Å². The Labute approximate surface area is 165 Å². The number of carbonyl (C=O) groups is 1. The molecule has 0 spiro atoms. The smallest absolute Gasteiger partial charge is 0.253 e. The molecule has 2 aromatic rings. The van der Waals surface area contributed by atoms with E-state index in [1.165, 1.54) is 11.4 Å². The molecule has 6 heteroatoms. The summed E-state index contributed by atoms with van der Waals surface area (Å²) >= 11 is 5.92. The molecule has 0 aromatic heterocycles. The minimum Gasteiger partial charge on any atom is -0.378 e. The molecule has 5 nitrogen and oxygen atoms in total. The Hall–Kier alpha value is -2.24. The second-order valence-electron chi connectivity index (χ2n) is 6.87. The van der Waals surface area contributed by atoms with Crippen molar-refractivity contribution in [3.63, 3.8) is 0 Å². The lowest BCUT2D eigenvalue weighted by atomic mass is 10.1. The quantitative estimate of drug-likeness (QED) is 0.813. The van der Waals surface area contributed by atoms with Crippen molar-refractivity contribution in [3.8, 4) is 0 Å². The topological polar surface area (TPSA) is 36.0 Å². The van der Waals surface area contributed by atoms with Crippen LogP contribution in [0, 0.1) is 0 Å². The Morgan fingerprint density at radius 3 is 1.93 bits per heavy atom. The number of anilines is 2. The van der Waals surface area contributed by atoms with E-state index in [0.717, 1.165) is 52.5 Å². The van der Waals surface area contributed by atoms with Gasteiger partial charge >= 0.3 is 0 Å².